The molecule has 0 saturated carbocycles. The van der Waals surface area contributed by atoms with Crippen LogP contribution in [0.1, 0.15) is 24.5 Å². The van der Waals surface area contributed by atoms with Crippen LogP contribution in [0.5, 0.6) is 5.75 Å². The fourth-order valence-electron chi connectivity index (χ4n) is 2.33. The normalized spacial score (nSPS) is 12.2. The van der Waals surface area contributed by atoms with Crippen LogP contribution >= 0.6 is 31.9 Å². The largest absolute Gasteiger partial charge is 0.494 e. The molecule has 1 N–H and O–H groups in total. The van der Waals surface area contributed by atoms with E-state index in [9.17, 15) is 0 Å². The van der Waals surface area contributed by atoms with Crippen molar-refractivity contribution in [2.45, 2.75) is 32.4 Å². The molecular weight excluding hydrogens is 406 g/mol. The van der Waals surface area contributed by atoms with Gasteiger partial charge in [0.2, 0.25) is 0 Å². The van der Waals surface area contributed by atoms with Crippen molar-refractivity contribution in [3.05, 3.63) is 62.5 Å². The summed E-state index contributed by atoms with van der Waals surface area (Å²) < 4.78 is 7.27. The Labute approximate surface area is 149 Å². The van der Waals surface area contributed by atoms with Gasteiger partial charge in [-0.25, -0.2) is 0 Å². The van der Waals surface area contributed by atoms with E-state index in [0.29, 0.717) is 6.04 Å². The highest BCUT2D eigenvalue weighted by Gasteiger charge is 2.09. The fourth-order valence-corrected chi connectivity index (χ4v) is 3.94. The Morgan fingerprint density at radius 3 is 2.27 bits per heavy atom. The van der Waals surface area contributed by atoms with Crippen molar-refractivity contribution in [1.29, 1.82) is 0 Å². The van der Waals surface area contributed by atoms with Crippen molar-refractivity contribution in [3.8, 4) is 5.75 Å². The van der Waals surface area contributed by atoms with Crippen LogP contribution in [0.15, 0.2) is 51.4 Å². The number of benzene rings is 2. The van der Waals surface area contributed by atoms with Gasteiger partial charge in [-0.1, -0.05) is 30.3 Å². The lowest BCUT2D eigenvalue weighted by molar-refractivity contribution is 0.409. The number of ether oxygens (including phenoxy) is 1. The van der Waals surface area contributed by atoms with Crippen LogP contribution in [0.3, 0.4) is 0 Å². The molecule has 0 aromatic heterocycles. The number of aryl methyl sites for hydroxylation is 1. The lowest BCUT2D eigenvalue weighted by Gasteiger charge is -2.15. The van der Waals surface area contributed by atoms with E-state index >= 15 is 0 Å². The molecule has 1 atom stereocenters. The first kappa shape index (κ1) is 17.5. The summed E-state index contributed by atoms with van der Waals surface area (Å²) in [5, 5.41) is 3.58. The first-order valence-corrected chi connectivity index (χ1v) is 8.98. The predicted molar refractivity (Wildman–Crippen MR) is 99.5 cm³/mol. The van der Waals surface area contributed by atoms with E-state index in [0.717, 1.165) is 34.1 Å². The lowest BCUT2D eigenvalue weighted by Crippen LogP contribution is -2.26. The van der Waals surface area contributed by atoms with Gasteiger partial charge in [0, 0.05) is 12.6 Å². The summed E-state index contributed by atoms with van der Waals surface area (Å²) in [5.41, 5.74) is 2.62. The number of halogens is 2. The van der Waals surface area contributed by atoms with E-state index in [1.54, 1.807) is 7.11 Å². The Balaban J connectivity index is 1.85. The topological polar surface area (TPSA) is 21.3 Å². The standard InChI is InChI=1S/C18H21Br2NO/c1-13(8-9-14-6-4-3-5-7-14)21-12-15-10-16(19)18(22-2)17(20)11-15/h3-7,10-11,13,21H,8-9,12H2,1-2H3/t13-/m0/s1. The van der Waals surface area contributed by atoms with E-state index in [2.05, 4.69) is 86.6 Å². The van der Waals surface area contributed by atoms with E-state index in [1.807, 2.05) is 0 Å². The first-order chi connectivity index (χ1) is 10.6. The van der Waals surface area contributed by atoms with E-state index < -0.39 is 0 Å². The maximum Gasteiger partial charge on any atom is 0.147 e. The van der Waals surface area contributed by atoms with Gasteiger partial charge in [-0.15, -0.1) is 0 Å². The van der Waals surface area contributed by atoms with Gasteiger partial charge in [0.25, 0.3) is 0 Å². The van der Waals surface area contributed by atoms with Crippen LogP contribution in [0, 0.1) is 0 Å². The van der Waals surface area contributed by atoms with Gasteiger partial charge in [0.15, 0.2) is 0 Å². The van der Waals surface area contributed by atoms with Gasteiger partial charge >= 0.3 is 0 Å². The SMILES string of the molecule is COc1c(Br)cc(CN[C@@H](C)CCc2ccccc2)cc1Br. The zero-order valence-corrected chi connectivity index (χ0v) is 16.1. The second kappa shape index (κ2) is 8.70. The molecule has 0 aliphatic rings. The minimum Gasteiger partial charge on any atom is -0.494 e. The van der Waals surface area contributed by atoms with Gasteiger partial charge in [-0.3, -0.25) is 0 Å². The highest BCUT2D eigenvalue weighted by atomic mass is 79.9. The molecule has 0 fully saturated rings. The van der Waals surface area contributed by atoms with Gasteiger partial charge < -0.3 is 10.1 Å². The summed E-state index contributed by atoms with van der Waals surface area (Å²) in [4.78, 5) is 0. The van der Waals surface area contributed by atoms with E-state index in [1.165, 1.54) is 11.1 Å². The second-order valence-electron chi connectivity index (χ2n) is 5.40. The third-order valence-corrected chi connectivity index (χ3v) is 4.80. The molecule has 2 nitrogen and oxygen atoms in total. The van der Waals surface area contributed by atoms with Gasteiger partial charge in [-0.05, 0) is 74.9 Å². The summed E-state index contributed by atoms with van der Waals surface area (Å²) in [6.07, 6.45) is 2.23. The molecule has 118 valence electrons. The number of rotatable bonds is 7. The van der Waals surface area contributed by atoms with Crippen molar-refractivity contribution in [1.82, 2.24) is 5.32 Å². The van der Waals surface area contributed by atoms with Crippen LogP contribution in [0.4, 0.5) is 0 Å². The van der Waals surface area contributed by atoms with Crippen molar-refractivity contribution < 1.29 is 4.74 Å². The summed E-state index contributed by atoms with van der Waals surface area (Å²) in [5.74, 6) is 0.834. The molecule has 2 rings (SSSR count). The number of methoxy groups -OCH3 is 1. The Kier molecular flexibility index (Phi) is 6.93. The maximum atomic E-state index is 5.33. The molecule has 0 saturated heterocycles. The Morgan fingerprint density at radius 2 is 1.68 bits per heavy atom. The molecule has 0 aliphatic carbocycles. The third kappa shape index (κ3) is 5.11. The molecule has 0 bridgehead atoms. The van der Waals surface area contributed by atoms with Crippen molar-refractivity contribution in [2.75, 3.05) is 7.11 Å². The Bertz CT molecular complexity index is 578. The molecule has 2 aromatic carbocycles. The lowest BCUT2D eigenvalue weighted by atomic mass is 10.1. The average Bonchev–Trinajstić information content (AvgIpc) is 2.52. The van der Waals surface area contributed by atoms with Crippen LogP contribution in [-0.2, 0) is 13.0 Å². The zero-order valence-electron chi connectivity index (χ0n) is 12.9. The Hall–Kier alpha value is -0.840. The first-order valence-electron chi connectivity index (χ1n) is 7.39. The summed E-state index contributed by atoms with van der Waals surface area (Å²) >= 11 is 7.09. The monoisotopic (exact) mass is 425 g/mol. The van der Waals surface area contributed by atoms with Crippen molar-refractivity contribution in [3.63, 3.8) is 0 Å². The van der Waals surface area contributed by atoms with Gasteiger partial charge in [-0.2, -0.15) is 0 Å². The van der Waals surface area contributed by atoms with Crippen molar-refractivity contribution >= 4 is 31.9 Å². The van der Waals surface area contributed by atoms with E-state index in [-0.39, 0.29) is 0 Å². The summed E-state index contributed by atoms with van der Waals surface area (Å²) in [6.45, 7) is 3.08. The quantitative estimate of drug-likeness (QED) is 0.645. The molecular formula is C18H21Br2NO. The molecule has 2 aromatic rings. The molecule has 0 amide bonds. The van der Waals surface area contributed by atoms with Gasteiger partial charge in [0.1, 0.15) is 5.75 Å². The Morgan fingerprint density at radius 1 is 1.05 bits per heavy atom. The van der Waals surface area contributed by atoms with Crippen LogP contribution in [-0.4, -0.2) is 13.2 Å². The van der Waals surface area contributed by atoms with Crippen LogP contribution < -0.4 is 10.1 Å². The van der Waals surface area contributed by atoms with Crippen LogP contribution in [0.2, 0.25) is 0 Å². The number of hydrogen-bond acceptors (Lipinski definition) is 2. The molecule has 0 radical (unpaired) electrons. The maximum absolute atomic E-state index is 5.33. The predicted octanol–water partition coefficient (Wildman–Crippen LogP) is 5.33. The minimum atomic E-state index is 0.472. The van der Waals surface area contributed by atoms with Crippen LogP contribution in [0.25, 0.3) is 0 Å². The number of nitrogens with one attached hydrogen (secondary N) is 1. The zero-order chi connectivity index (χ0) is 15.9. The smallest absolute Gasteiger partial charge is 0.147 e. The molecule has 0 aliphatic heterocycles. The average molecular weight is 427 g/mol. The third-order valence-electron chi connectivity index (χ3n) is 3.63. The molecule has 0 spiro atoms. The molecule has 0 unspecified atom stereocenters. The van der Waals surface area contributed by atoms with Crippen molar-refractivity contribution in [2.24, 2.45) is 0 Å². The second-order valence-corrected chi connectivity index (χ2v) is 7.11. The van der Waals surface area contributed by atoms with Gasteiger partial charge in [0.05, 0.1) is 16.1 Å². The molecule has 0 heterocycles. The summed E-state index contributed by atoms with van der Waals surface area (Å²) in [6, 6.07) is 15.3. The molecule has 22 heavy (non-hydrogen) atoms. The molecule has 4 heteroatoms. The highest BCUT2D eigenvalue weighted by molar-refractivity contribution is 9.11. The number of hydrogen-bond donors (Lipinski definition) is 1. The van der Waals surface area contributed by atoms with E-state index in [4.69, 9.17) is 4.74 Å². The highest BCUT2D eigenvalue weighted by Crippen LogP contribution is 2.34. The fraction of sp³-hybridized carbons (Fsp3) is 0.333. The summed E-state index contributed by atoms with van der Waals surface area (Å²) in [7, 11) is 1.68. The minimum absolute atomic E-state index is 0.472.